The predicted molar refractivity (Wildman–Crippen MR) is 172 cm³/mol. The van der Waals surface area contributed by atoms with Gasteiger partial charge in [0.15, 0.2) is 0 Å². The molecule has 0 N–H and O–H groups in total. The molecule has 186 valence electrons. The molecule has 0 spiro atoms. The molecule has 2 nitrogen and oxygen atoms in total. The molecule has 3 aromatic heterocycles. The Morgan fingerprint density at radius 1 is 0.550 bits per heavy atom. The fourth-order valence-corrected chi connectivity index (χ4v) is 7.78. The van der Waals surface area contributed by atoms with Gasteiger partial charge < -0.3 is 4.57 Å². The Morgan fingerprint density at radius 2 is 1.27 bits per heavy atom. The first-order valence-electron chi connectivity index (χ1n) is 13.6. The zero-order valence-electron chi connectivity index (χ0n) is 21.5. The van der Waals surface area contributed by atoms with Gasteiger partial charge in [0, 0.05) is 53.6 Å². The van der Waals surface area contributed by atoms with Crippen molar-refractivity contribution in [2.75, 3.05) is 0 Å². The van der Waals surface area contributed by atoms with Crippen molar-refractivity contribution in [3.63, 3.8) is 0 Å². The number of pyridine rings is 1. The molecule has 3 heterocycles. The molecule has 0 aliphatic carbocycles. The van der Waals surface area contributed by atoms with Gasteiger partial charge in [-0.1, -0.05) is 91.0 Å². The molecule has 40 heavy (non-hydrogen) atoms. The van der Waals surface area contributed by atoms with Crippen LogP contribution in [0.5, 0.6) is 0 Å². The van der Waals surface area contributed by atoms with E-state index in [9.17, 15) is 0 Å². The summed E-state index contributed by atoms with van der Waals surface area (Å²) in [6.45, 7) is 0. The number of fused-ring (bicyclic) bond motifs is 11. The lowest BCUT2D eigenvalue weighted by molar-refractivity contribution is 1.19. The first-order chi connectivity index (χ1) is 19.9. The number of nitrogens with zero attached hydrogens (tertiary/aromatic N) is 2. The van der Waals surface area contributed by atoms with E-state index in [2.05, 4.69) is 132 Å². The van der Waals surface area contributed by atoms with Crippen molar-refractivity contribution in [1.82, 2.24) is 9.55 Å². The Bertz CT molecular complexity index is 2440. The number of benzene rings is 6. The zero-order valence-corrected chi connectivity index (χ0v) is 22.3. The fraction of sp³-hybridized carbons (Fsp3) is 0. The molecule has 0 saturated heterocycles. The highest BCUT2D eigenvalue weighted by molar-refractivity contribution is 7.26. The molecule has 0 bridgehead atoms. The van der Waals surface area contributed by atoms with Gasteiger partial charge in [0.05, 0.1) is 16.6 Å². The van der Waals surface area contributed by atoms with Crippen LogP contribution in [0.4, 0.5) is 0 Å². The summed E-state index contributed by atoms with van der Waals surface area (Å²) in [5.74, 6) is 0. The monoisotopic (exact) mass is 526 g/mol. The van der Waals surface area contributed by atoms with Crippen molar-refractivity contribution >= 4 is 75.0 Å². The quantitative estimate of drug-likeness (QED) is 0.205. The molecule has 0 radical (unpaired) electrons. The molecule has 0 unspecified atom stereocenters. The smallest absolute Gasteiger partial charge is 0.0801 e. The minimum absolute atomic E-state index is 1.04. The predicted octanol–water partition coefficient (Wildman–Crippen LogP) is 10.5. The Balaban J connectivity index is 1.40. The summed E-state index contributed by atoms with van der Waals surface area (Å²) in [5, 5.41) is 8.80. The largest absolute Gasteiger partial charge is 0.309 e. The fourth-order valence-electron chi connectivity index (χ4n) is 6.54. The molecular formula is C37H22N2S. The number of aromatic nitrogens is 2. The minimum atomic E-state index is 1.04. The highest BCUT2D eigenvalue weighted by Crippen LogP contribution is 2.43. The van der Waals surface area contributed by atoms with Gasteiger partial charge in [-0.15, -0.1) is 11.3 Å². The topological polar surface area (TPSA) is 17.8 Å². The maximum Gasteiger partial charge on any atom is 0.0801 e. The molecular weight excluding hydrogens is 504 g/mol. The average Bonchev–Trinajstić information content (AvgIpc) is 3.58. The van der Waals surface area contributed by atoms with Crippen LogP contribution in [-0.4, -0.2) is 9.55 Å². The zero-order chi connectivity index (χ0) is 26.2. The van der Waals surface area contributed by atoms with Crippen LogP contribution in [0.15, 0.2) is 134 Å². The van der Waals surface area contributed by atoms with Crippen LogP contribution in [0, 0.1) is 0 Å². The summed E-state index contributed by atoms with van der Waals surface area (Å²) in [6.07, 6.45) is 1.90. The average molecular weight is 527 g/mol. The SMILES string of the molecule is c1cc(-c2cccc3c2sc2ccccc23)cc(-n2c3ccccc3c3c4ccccc4c4ncccc4c32)c1. The Morgan fingerprint density at radius 3 is 2.20 bits per heavy atom. The lowest BCUT2D eigenvalue weighted by Crippen LogP contribution is -1.96. The third kappa shape index (κ3) is 2.95. The molecule has 9 rings (SSSR count). The van der Waals surface area contributed by atoms with Crippen LogP contribution in [0.25, 0.3) is 80.5 Å². The van der Waals surface area contributed by atoms with Crippen LogP contribution in [0.1, 0.15) is 0 Å². The van der Waals surface area contributed by atoms with Gasteiger partial charge in [0.1, 0.15) is 0 Å². The van der Waals surface area contributed by atoms with Crippen molar-refractivity contribution in [3.05, 3.63) is 134 Å². The van der Waals surface area contributed by atoms with Crippen LogP contribution in [0.2, 0.25) is 0 Å². The van der Waals surface area contributed by atoms with E-state index in [0.717, 1.165) is 11.2 Å². The number of hydrogen-bond donors (Lipinski definition) is 0. The molecule has 0 atom stereocenters. The molecule has 3 heteroatoms. The third-order valence-electron chi connectivity index (χ3n) is 8.21. The Hall–Kier alpha value is -4.99. The van der Waals surface area contributed by atoms with Gasteiger partial charge in [-0.2, -0.15) is 0 Å². The summed E-state index contributed by atoms with van der Waals surface area (Å²) in [7, 11) is 0. The first kappa shape index (κ1) is 21.9. The standard InChI is InChI=1S/C37H22N2S/c1-2-14-28-27(13-1)34-30-15-3-5-19-32(30)39(36(34)31-18-9-21-38-35(28)31)24-11-7-10-23(22-24)25-16-8-17-29-26-12-4-6-20-33(26)40-37(25)29/h1-22H. The lowest BCUT2D eigenvalue weighted by atomic mass is 9.99. The van der Waals surface area contributed by atoms with E-state index in [4.69, 9.17) is 4.98 Å². The van der Waals surface area contributed by atoms with Crippen LogP contribution >= 0.6 is 11.3 Å². The van der Waals surface area contributed by atoms with Crippen molar-refractivity contribution in [1.29, 1.82) is 0 Å². The third-order valence-corrected chi connectivity index (χ3v) is 9.43. The second-order valence-corrected chi connectivity index (χ2v) is 11.4. The summed E-state index contributed by atoms with van der Waals surface area (Å²) < 4.78 is 5.11. The van der Waals surface area contributed by atoms with E-state index >= 15 is 0 Å². The first-order valence-corrected chi connectivity index (χ1v) is 14.4. The molecule has 0 fully saturated rings. The van der Waals surface area contributed by atoms with E-state index in [-0.39, 0.29) is 0 Å². The van der Waals surface area contributed by atoms with E-state index in [1.54, 1.807) is 0 Å². The van der Waals surface area contributed by atoms with Crippen molar-refractivity contribution in [3.8, 4) is 16.8 Å². The maximum atomic E-state index is 4.87. The van der Waals surface area contributed by atoms with E-state index in [1.807, 2.05) is 17.5 Å². The highest BCUT2D eigenvalue weighted by atomic mass is 32.1. The molecule has 0 aliphatic rings. The van der Waals surface area contributed by atoms with Crippen LogP contribution < -0.4 is 0 Å². The minimum Gasteiger partial charge on any atom is -0.309 e. The van der Waals surface area contributed by atoms with E-state index in [1.165, 1.54) is 69.3 Å². The number of thiophene rings is 1. The molecule has 9 aromatic rings. The van der Waals surface area contributed by atoms with E-state index < -0.39 is 0 Å². The number of para-hydroxylation sites is 1. The second kappa shape index (κ2) is 8.25. The van der Waals surface area contributed by atoms with Crippen LogP contribution in [0.3, 0.4) is 0 Å². The van der Waals surface area contributed by atoms with Crippen molar-refractivity contribution in [2.45, 2.75) is 0 Å². The lowest BCUT2D eigenvalue weighted by Gasteiger charge is -2.13. The summed E-state index contributed by atoms with van der Waals surface area (Å²) in [5.41, 5.74) is 7.11. The molecule has 0 aliphatic heterocycles. The van der Waals surface area contributed by atoms with Gasteiger partial charge >= 0.3 is 0 Å². The van der Waals surface area contributed by atoms with E-state index in [0.29, 0.717) is 0 Å². The summed E-state index contributed by atoms with van der Waals surface area (Å²) in [4.78, 5) is 4.87. The highest BCUT2D eigenvalue weighted by Gasteiger charge is 2.19. The normalized spacial score (nSPS) is 12.0. The van der Waals surface area contributed by atoms with Crippen LogP contribution in [-0.2, 0) is 0 Å². The van der Waals surface area contributed by atoms with Gasteiger partial charge in [-0.3, -0.25) is 4.98 Å². The number of hydrogen-bond acceptors (Lipinski definition) is 2. The molecule has 0 saturated carbocycles. The van der Waals surface area contributed by atoms with Crippen molar-refractivity contribution < 1.29 is 0 Å². The maximum absolute atomic E-state index is 4.87. The number of rotatable bonds is 2. The summed E-state index contributed by atoms with van der Waals surface area (Å²) in [6, 6.07) is 46.2. The van der Waals surface area contributed by atoms with Gasteiger partial charge in [-0.25, -0.2) is 0 Å². The van der Waals surface area contributed by atoms with Gasteiger partial charge in [0.25, 0.3) is 0 Å². The summed E-state index contributed by atoms with van der Waals surface area (Å²) >= 11 is 1.88. The van der Waals surface area contributed by atoms with Gasteiger partial charge in [0.2, 0.25) is 0 Å². The molecule has 6 aromatic carbocycles. The van der Waals surface area contributed by atoms with Crippen molar-refractivity contribution in [2.24, 2.45) is 0 Å². The van der Waals surface area contributed by atoms with Gasteiger partial charge in [-0.05, 0) is 52.9 Å². The molecule has 0 amide bonds. The Kier molecular flexibility index (Phi) is 4.52. The second-order valence-electron chi connectivity index (χ2n) is 10.4. The Labute approximate surface area is 234 Å².